The van der Waals surface area contributed by atoms with Crippen molar-refractivity contribution in [2.75, 3.05) is 5.32 Å². The molecule has 4 heteroatoms. The first kappa shape index (κ1) is 14.3. The van der Waals surface area contributed by atoms with Crippen LogP contribution in [0.5, 0.6) is 0 Å². The summed E-state index contributed by atoms with van der Waals surface area (Å²) in [4.78, 5) is 11.6. The van der Waals surface area contributed by atoms with E-state index in [1.165, 1.54) is 13.0 Å². The first-order chi connectivity index (χ1) is 10.6. The lowest BCUT2D eigenvalue weighted by molar-refractivity contribution is 0.101. The van der Waals surface area contributed by atoms with Crippen molar-refractivity contribution >= 4 is 22.4 Å². The number of rotatable bonds is 4. The zero-order chi connectivity index (χ0) is 15.7. The van der Waals surface area contributed by atoms with E-state index in [1.807, 2.05) is 37.3 Å². The second-order valence-corrected chi connectivity index (χ2v) is 5.27. The first-order valence-corrected chi connectivity index (χ1v) is 7.10. The number of halogens is 1. The summed E-state index contributed by atoms with van der Waals surface area (Å²) in [6.45, 7) is 3.27. The summed E-state index contributed by atoms with van der Waals surface area (Å²) in [7, 11) is 0. The number of hydrogen-bond acceptors (Lipinski definition) is 3. The first-order valence-electron chi connectivity index (χ1n) is 7.10. The molecule has 3 aromatic rings. The highest BCUT2D eigenvalue weighted by atomic mass is 19.1. The average molecular weight is 297 g/mol. The maximum atomic E-state index is 13.8. The molecule has 3 nitrogen and oxygen atoms in total. The molecule has 1 heterocycles. The van der Waals surface area contributed by atoms with Crippen LogP contribution in [0.15, 0.2) is 52.9 Å². The summed E-state index contributed by atoms with van der Waals surface area (Å²) in [5, 5.41) is 4.17. The van der Waals surface area contributed by atoms with E-state index in [9.17, 15) is 9.18 Å². The number of carbonyl (C=O) groups excluding carboxylic acids is 1. The molecule has 0 saturated heterocycles. The molecule has 0 fully saturated rings. The maximum Gasteiger partial charge on any atom is 0.164 e. The minimum absolute atomic E-state index is 0.0745. The zero-order valence-electron chi connectivity index (χ0n) is 12.4. The summed E-state index contributed by atoms with van der Waals surface area (Å²) in [5.41, 5.74) is 1.35. The third-order valence-corrected chi connectivity index (χ3v) is 3.61. The van der Waals surface area contributed by atoms with Crippen LogP contribution < -0.4 is 5.32 Å². The van der Waals surface area contributed by atoms with Crippen molar-refractivity contribution in [3.8, 4) is 0 Å². The molecule has 112 valence electrons. The fraction of sp³-hybridized carbons (Fsp3) is 0.167. The molecule has 22 heavy (non-hydrogen) atoms. The molecule has 3 rings (SSSR count). The Balaban J connectivity index is 1.93. The number of benzene rings is 2. The molecule has 1 N–H and O–H groups in total. The minimum atomic E-state index is -0.519. The molecule has 0 aliphatic heterocycles. The predicted octanol–water partition coefficient (Wildman–Crippen LogP) is 4.95. The Morgan fingerprint density at radius 3 is 2.68 bits per heavy atom. The van der Waals surface area contributed by atoms with Crippen molar-refractivity contribution in [2.45, 2.75) is 19.9 Å². The quantitative estimate of drug-likeness (QED) is 0.693. The Morgan fingerprint density at radius 1 is 1.18 bits per heavy atom. The highest BCUT2D eigenvalue weighted by Gasteiger charge is 2.17. The molecule has 0 saturated carbocycles. The Bertz CT molecular complexity index is 805. The molecule has 2 aromatic carbocycles. The van der Waals surface area contributed by atoms with Gasteiger partial charge in [0.15, 0.2) is 5.78 Å². The summed E-state index contributed by atoms with van der Waals surface area (Å²) in [6.07, 6.45) is 0. The van der Waals surface area contributed by atoms with E-state index in [1.54, 1.807) is 12.1 Å². The highest BCUT2D eigenvalue weighted by molar-refractivity contribution is 5.99. The van der Waals surface area contributed by atoms with Gasteiger partial charge < -0.3 is 9.73 Å². The Labute approximate surface area is 127 Å². The van der Waals surface area contributed by atoms with Crippen LogP contribution in [0, 0.1) is 5.82 Å². The van der Waals surface area contributed by atoms with Crippen LogP contribution in [0.4, 0.5) is 10.1 Å². The van der Waals surface area contributed by atoms with Gasteiger partial charge in [0, 0.05) is 11.1 Å². The normalized spacial score (nSPS) is 12.3. The number of Topliss-reactive ketones (excluding diaryl/α,β-unsaturated/α-hetero) is 1. The number of nitrogens with one attached hydrogen (secondary N) is 1. The lowest BCUT2D eigenvalue weighted by atomic mass is 10.1. The maximum absolute atomic E-state index is 13.8. The molecule has 1 aromatic heterocycles. The monoisotopic (exact) mass is 297 g/mol. The van der Waals surface area contributed by atoms with Crippen LogP contribution in [-0.4, -0.2) is 5.78 Å². The minimum Gasteiger partial charge on any atom is -0.459 e. The standard InChI is InChI=1S/C18H16FNO2/c1-11(17-10-13-6-3-4-9-16(13)22-17)20-15-8-5-7-14(19)18(15)12(2)21/h3-11,20H,1-2H3/t11-/m1/s1. The molecule has 0 amide bonds. The van der Waals surface area contributed by atoms with Gasteiger partial charge in [-0.2, -0.15) is 0 Å². The van der Waals surface area contributed by atoms with E-state index in [4.69, 9.17) is 4.42 Å². The molecule has 0 bridgehead atoms. The molecule has 0 aliphatic rings. The summed E-state index contributed by atoms with van der Waals surface area (Å²) < 4.78 is 19.6. The molecular weight excluding hydrogens is 281 g/mol. The van der Waals surface area contributed by atoms with Crippen LogP contribution in [0.2, 0.25) is 0 Å². The Morgan fingerprint density at radius 2 is 1.95 bits per heavy atom. The van der Waals surface area contributed by atoms with E-state index >= 15 is 0 Å². The average Bonchev–Trinajstić information content (AvgIpc) is 2.91. The lowest BCUT2D eigenvalue weighted by Gasteiger charge is -2.15. The van der Waals surface area contributed by atoms with Gasteiger partial charge in [-0.3, -0.25) is 4.79 Å². The summed E-state index contributed by atoms with van der Waals surface area (Å²) >= 11 is 0. The van der Waals surface area contributed by atoms with E-state index in [0.717, 1.165) is 16.7 Å². The zero-order valence-corrected chi connectivity index (χ0v) is 12.4. The van der Waals surface area contributed by atoms with Crippen molar-refractivity contribution in [1.82, 2.24) is 0 Å². The van der Waals surface area contributed by atoms with Crippen LogP contribution in [0.25, 0.3) is 11.0 Å². The van der Waals surface area contributed by atoms with Gasteiger partial charge in [0.2, 0.25) is 0 Å². The van der Waals surface area contributed by atoms with E-state index in [2.05, 4.69) is 5.32 Å². The van der Waals surface area contributed by atoms with Crippen LogP contribution in [0.1, 0.15) is 36.0 Å². The number of hydrogen-bond donors (Lipinski definition) is 1. The van der Waals surface area contributed by atoms with Gasteiger partial charge in [-0.1, -0.05) is 24.3 Å². The van der Waals surface area contributed by atoms with Crippen molar-refractivity contribution < 1.29 is 13.6 Å². The van der Waals surface area contributed by atoms with Gasteiger partial charge in [0.25, 0.3) is 0 Å². The van der Waals surface area contributed by atoms with Gasteiger partial charge in [-0.05, 0) is 38.1 Å². The molecular formula is C18H16FNO2. The molecule has 0 radical (unpaired) electrons. The second-order valence-electron chi connectivity index (χ2n) is 5.27. The topological polar surface area (TPSA) is 42.2 Å². The number of para-hydroxylation sites is 1. The van der Waals surface area contributed by atoms with Crippen molar-refractivity contribution in [3.05, 3.63) is 65.7 Å². The second kappa shape index (κ2) is 5.64. The Hall–Kier alpha value is -2.62. The van der Waals surface area contributed by atoms with Gasteiger partial charge in [-0.25, -0.2) is 4.39 Å². The van der Waals surface area contributed by atoms with Crippen molar-refractivity contribution in [1.29, 1.82) is 0 Å². The van der Waals surface area contributed by atoms with Crippen molar-refractivity contribution in [2.24, 2.45) is 0 Å². The molecule has 0 aliphatic carbocycles. The largest absolute Gasteiger partial charge is 0.459 e. The Kier molecular flexibility index (Phi) is 3.67. The van der Waals surface area contributed by atoms with Crippen molar-refractivity contribution in [3.63, 3.8) is 0 Å². The number of furan rings is 1. The van der Waals surface area contributed by atoms with E-state index in [0.29, 0.717) is 5.69 Å². The fourth-order valence-electron chi connectivity index (χ4n) is 2.52. The van der Waals surface area contributed by atoms with Gasteiger partial charge in [0.1, 0.15) is 17.2 Å². The SMILES string of the molecule is CC(=O)c1c(F)cccc1N[C@H](C)c1cc2ccccc2o1. The fourth-order valence-corrected chi connectivity index (χ4v) is 2.52. The van der Waals surface area contributed by atoms with Gasteiger partial charge >= 0.3 is 0 Å². The lowest BCUT2D eigenvalue weighted by Crippen LogP contribution is -2.10. The predicted molar refractivity (Wildman–Crippen MR) is 84.7 cm³/mol. The number of ketones is 1. The number of anilines is 1. The molecule has 1 atom stereocenters. The number of fused-ring (bicyclic) bond motifs is 1. The third kappa shape index (κ3) is 2.60. The third-order valence-electron chi connectivity index (χ3n) is 3.61. The van der Waals surface area contributed by atoms with Gasteiger partial charge in [-0.15, -0.1) is 0 Å². The number of carbonyl (C=O) groups is 1. The van der Waals surface area contributed by atoms with E-state index < -0.39 is 5.82 Å². The van der Waals surface area contributed by atoms with Crippen LogP contribution >= 0.6 is 0 Å². The summed E-state index contributed by atoms with van der Waals surface area (Å²) in [6, 6.07) is 14.0. The smallest absolute Gasteiger partial charge is 0.164 e. The highest BCUT2D eigenvalue weighted by Crippen LogP contribution is 2.28. The summed E-state index contributed by atoms with van der Waals surface area (Å²) in [5.74, 6) is -0.0910. The van der Waals surface area contributed by atoms with Crippen LogP contribution in [-0.2, 0) is 0 Å². The van der Waals surface area contributed by atoms with Gasteiger partial charge in [0.05, 0.1) is 11.6 Å². The van der Waals surface area contributed by atoms with E-state index in [-0.39, 0.29) is 17.4 Å². The molecule has 0 unspecified atom stereocenters. The molecule has 0 spiro atoms. The van der Waals surface area contributed by atoms with Crippen LogP contribution in [0.3, 0.4) is 0 Å².